The van der Waals surface area contributed by atoms with Crippen LogP contribution in [0.15, 0.2) is 48.5 Å². The van der Waals surface area contributed by atoms with E-state index in [-0.39, 0.29) is 40.3 Å². The summed E-state index contributed by atoms with van der Waals surface area (Å²) in [5.74, 6) is -3.19. The van der Waals surface area contributed by atoms with Gasteiger partial charge >= 0.3 is 0 Å². The van der Waals surface area contributed by atoms with Gasteiger partial charge in [-0.05, 0) is 93.7 Å². The topological polar surface area (TPSA) is 158 Å². The van der Waals surface area contributed by atoms with Crippen molar-refractivity contribution >= 4 is 42.5 Å². The maximum Gasteiger partial charge on any atom is 0.292 e. The first-order valence-corrected chi connectivity index (χ1v) is 23.4. The number of sulfone groups is 1. The van der Waals surface area contributed by atoms with Crippen molar-refractivity contribution in [3.63, 3.8) is 0 Å². The summed E-state index contributed by atoms with van der Waals surface area (Å²) < 4.78 is 145. The number of carbonyl (C=O) groups is 1. The highest BCUT2D eigenvalue weighted by Crippen LogP contribution is 2.54. The van der Waals surface area contributed by atoms with Crippen molar-refractivity contribution in [2.24, 2.45) is 13.0 Å². The second-order valence-electron chi connectivity index (χ2n) is 17.1. The first-order chi connectivity index (χ1) is 29.5. The maximum absolute atomic E-state index is 15.7. The van der Waals surface area contributed by atoms with Gasteiger partial charge in [0.2, 0.25) is 15.9 Å². The van der Waals surface area contributed by atoms with E-state index in [1.54, 1.807) is 31.3 Å². The molecular formula is C43H43F6N7O5S2. The first-order valence-electron chi connectivity index (χ1n) is 20.3. The number of halogens is 6. The fourth-order valence-corrected chi connectivity index (χ4v) is 11.4. The molecule has 0 aliphatic heterocycles. The highest BCUT2D eigenvalue weighted by atomic mass is 32.2. The minimum absolute atomic E-state index is 0.0167. The molecule has 5 aromatic rings. The molecule has 3 aliphatic rings. The van der Waals surface area contributed by atoms with E-state index in [9.17, 15) is 39.2 Å². The van der Waals surface area contributed by atoms with Gasteiger partial charge in [0.15, 0.2) is 15.7 Å². The lowest BCUT2D eigenvalue weighted by Crippen LogP contribution is -2.35. The van der Waals surface area contributed by atoms with Gasteiger partial charge in [-0.15, -0.1) is 0 Å². The van der Waals surface area contributed by atoms with Gasteiger partial charge in [0, 0.05) is 41.1 Å². The van der Waals surface area contributed by atoms with Crippen molar-refractivity contribution in [1.29, 1.82) is 0 Å². The van der Waals surface area contributed by atoms with Gasteiger partial charge in [-0.3, -0.25) is 18.9 Å². The van der Waals surface area contributed by atoms with Crippen LogP contribution in [0.4, 0.5) is 32.2 Å². The standard InChI is InChI=1S/C43H43F6N7O5S2/c1-22-23(2)43(48,49)39-35(22)37(40(46)47)52-56(39)21-34(57)51-33(19-24-17-25(44)20-26(45)18-24)36-30(14-9-27(50-36)15-16-42(3,4)62(58,59)28-10-11-28)31-7-6-8-32-38(31)55(5)53-41(32)54-63(60,61)29-12-13-29/h6-9,14,17-18,20,22-23,28-29,33,40H,10-13,19,21H2,1-5H3,(H,51,57)(H,53,54)/t22-,23+,33-/m0/s1. The number of aromatic nitrogens is 5. The summed E-state index contributed by atoms with van der Waals surface area (Å²) in [5.41, 5.74) is -0.856. The number of rotatable bonds is 13. The van der Waals surface area contributed by atoms with Crippen LogP contribution in [0.1, 0.15) is 106 Å². The summed E-state index contributed by atoms with van der Waals surface area (Å²) in [6, 6.07) is 9.37. The minimum atomic E-state index is -3.76. The predicted molar refractivity (Wildman–Crippen MR) is 222 cm³/mol. The molecular weight excluding hydrogens is 873 g/mol. The molecule has 8 rings (SSSR count). The monoisotopic (exact) mass is 915 g/mol. The Kier molecular flexibility index (Phi) is 11.0. The molecule has 2 aromatic carbocycles. The Balaban J connectivity index is 1.28. The van der Waals surface area contributed by atoms with Crippen LogP contribution < -0.4 is 10.0 Å². The van der Waals surface area contributed by atoms with Gasteiger partial charge in [-0.2, -0.15) is 19.0 Å². The number of nitrogens with zero attached hydrogens (tertiary/aromatic N) is 5. The number of fused-ring (bicyclic) bond motifs is 2. The molecule has 334 valence electrons. The van der Waals surface area contributed by atoms with Gasteiger partial charge in [-0.1, -0.05) is 31.9 Å². The summed E-state index contributed by atoms with van der Waals surface area (Å²) in [4.78, 5) is 19.0. The third kappa shape index (κ3) is 8.18. The number of pyridine rings is 1. The highest BCUT2D eigenvalue weighted by molar-refractivity contribution is 7.94. The molecule has 0 radical (unpaired) electrons. The molecule has 12 nitrogen and oxygen atoms in total. The van der Waals surface area contributed by atoms with E-state index in [0.29, 0.717) is 52.9 Å². The van der Waals surface area contributed by atoms with Crippen molar-refractivity contribution in [2.45, 2.75) is 106 Å². The van der Waals surface area contributed by atoms with E-state index in [1.165, 1.54) is 38.4 Å². The summed E-state index contributed by atoms with van der Waals surface area (Å²) in [6.45, 7) is 4.59. The SMILES string of the molecule is C[C@@H]1c2c(C(F)F)nn(CC(=O)N[C@@H](Cc3cc(F)cc(F)c3)c3nc(C#CC(C)(C)S(=O)(=O)C4CC4)ccc3-c3cccc4c(NS(=O)(=O)C5CC5)nn(C)c34)c2C(F)(F)[C@@H]1C. The van der Waals surface area contributed by atoms with Crippen LogP contribution in [0.2, 0.25) is 0 Å². The maximum atomic E-state index is 15.7. The normalized spacial score (nSPS) is 19.2. The Bertz CT molecular complexity index is 2950. The van der Waals surface area contributed by atoms with Crippen LogP contribution in [0, 0.1) is 29.4 Å². The van der Waals surface area contributed by atoms with Gasteiger partial charge in [0.25, 0.3) is 12.3 Å². The molecule has 3 aliphatic carbocycles. The molecule has 63 heavy (non-hydrogen) atoms. The minimum Gasteiger partial charge on any atom is -0.346 e. The number of benzene rings is 2. The second-order valence-corrected chi connectivity index (χ2v) is 21.8. The van der Waals surface area contributed by atoms with E-state index in [1.807, 2.05) is 0 Å². The molecule has 3 heterocycles. The number of aryl methyl sites for hydroxylation is 1. The van der Waals surface area contributed by atoms with Crippen molar-refractivity contribution in [3.8, 4) is 23.0 Å². The van der Waals surface area contributed by atoms with E-state index < -0.39 is 101 Å². The number of anilines is 1. The number of para-hydroxylation sites is 1. The van der Waals surface area contributed by atoms with E-state index >= 15 is 8.78 Å². The van der Waals surface area contributed by atoms with Crippen LogP contribution in [-0.2, 0) is 50.6 Å². The van der Waals surface area contributed by atoms with Crippen molar-refractivity contribution < 1.29 is 48.0 Å². The number of nitrogens with one attached hydrogen (secondary N) is 2. The Hall–Kier alpha value is -5.42. The van der Waals surface area contributed by atoms with Gasteiger partial charge < -0.3 is 5.32 Å². The van der Waals surface area contributed by atoms with Crippen LogP contribution in [0.3, 0.4) is 0 Å². The zero-order valence-corrected chi connectivity index (χ0v) is 36.3. The molecule has 1 amide bonds. The van der Waals surface area contributed by atoms with Gasteiger partial charge in [0.1, 0.15) is 40.0 Å². The average Bonchev–Trinajstić information content (AvgIpc) is 4.14. The Morgan fingerprint density at radius 2 is 1.60 bits per heavy atom. The zero-order valence-electron chi connectivity index (χ0n) is 34.7. The summed E-state index contributed by atoms with van der Waals surface area (Å²) >= 11 is 0. The van der Waals surface area contributed by atoms with E-state index in [4.69, 9.17) is 4.98 Å². The van der Waals surface area contributed by atoms with Crippen LogP contribution in [0.5, 0.6) is 0 Å². The molecule has 0 saturated heterocycles. The third-order valence-electron chi connectivity index (χ3n) is 12.1. The fourth-order valence-electron chi connectivity index (χ4n) is 8.25. The molecule has 0 unspecified atom stereocenters. The molecule has 3 atom stereocenters. The molecule has 0 spiro atoms. The quantitative estimate of drug-likeness (QED) is 0.0904. The lowest BCUT2D eigenvalue weighted by Gasteiger charge is -2.23. The number of sulfonamides is 1. The molecule has 3 aromatic heterocycles. The third-order valence-corrected chi connectivity index (χ3v) is 16.8. The van der Waals surface area contributed by atoms with Gasteiger partial charge in [-0.25, -0.2) is 39.4 Å². The molecule has 2 fully saturated rings. The number of alkyl halides is 4. The van der Waals surface area contributed by atoms with Crippen molar-refractivity contribution in [1.82, 2.24) is 29.9 Å². The van der Waals surface area contributed by atoms with Gasteiger partial charge in [0.05, 0.1) is 27.8 Å². The number of hydrogen-bond acceptors (Lipinski definition) is 8. The van der Waals surface area contributed by atoms with E-state index in [2.05, 4.69) is 32.1 Å². The van der Waals surface area contributed by atoms with Crippen molar-refractivity contribution in [2.75, 3.05) is 4.72 Å². The predicted octanol–water partition coefficient (Wildman–Crippen LogP) is 7.60. The summed E-state index contributed by atoms with van der Waals surface area (Å²) in [5, 5.41) is 10.3. The summed E-state index contributed by atoms with van der Waals surface area (Å²) in [6.07, 6.45) is -1.57. The van der Waals surface area contributed by atoms with E-state index in [0.717, 1.165) is 12.1 Å². The largest absolute Gasteiger partial charge is 0.346 e. The zero-order chi connectivity index (χ0) is 45.6. The second kappa shape index (κ2) is 15.7. The molecule has 2 saturated carbocycles. The number of hydrogen-bond donors (Lipinski definition) is 2. The lowest BCUT2D eigenvalue weighted by molar-refractivity contribution is -0.123. The smallest absolute Gasteiger partial charge is 0.292 e. The Morgan fingerprint density at radius 3 is 2.24 bits per heavy atom. The Morgan fingerprint density at radius 1 is 0.937 bits per heavy atom. The summed E-state index contributed by atoms with van der Waals surface area (Å²) in [7, 11) is -5.84. The van der Waals surface area contributed by atoms with Crippen LogP contribution in [-0.4, -0.2) is 62.5 Å². The highest BCUT2D eigenvalue weighted by Gasteiger charge is 2.55. The first kappa shape index (κ1) is 44.2. The molecule has 20 heteroatoms. The van der Waals surface area contributed by atoms with Crippen LogP contribution in [0.25, 0.3) is 22.0 Å². The van der Waals surface area contributed by atoms with Crippen molar-refractivity contribution in [3.05, 3.63) is 94.1 Å². The number of carbonyl (C=O) groups excluding carboxylic acids is 1. The van der Waals surface area contributed by atoms with Crippen LogP contribution >= 0.6 is 0 Å². The lowest BCUT2D eigenvalue weighted by atomic mass is 9.93. The average molecular weight is 916 g/mol. The fraction of sp³-hybridized carbons (Fsp3) is 0.442. The molecule has 0 bridgehead atoms. The number of amides is 1. The Labute approximate surface area is 359 Å². The molecule has 2 N–H and O–H groups in total.